The normalized spacial score (nSPS) is 18.3. The van der Waals surface area contributed by atoms with Crippen LogP contribution in [-0.2, 0) is 16.0 Å². The number of carboxylic acid groups (broad SMARTS) is 1. The van der Waals surface area contributed by atoms with Gasteiger partial charge in [0.05, 0.1) is 16.6 Å². The maximum Gasteiger partial charge on any atom is 0.393 e. The van der Waals surface area contributed by atoms with E-state index in [0.29, 0.717) is 24.6 Å². The number of carbonyl (C=O) groups is 2. The van der Waals surface area contributed by atoms with Crippen molar-refractivity contribution in [2.24, 2.45) is 11.8 Å². The Balaban J connectivity index is 2.22. The van der Waals surface area contributed by atoms with Crippen LogP contribution in [-0.4, -0.2) is 47.2 Å². The second kappa shape index (κ2) is 9.80. The summed E-state index contributed by atoms with van der Waals surface area (Å²) < 4.78 is 40.4. The first-order valence-electron chi connectivity index (χ1n) is 9.61. The number of anilines is 1. The molecule has 0 aromatic heterocycles. The third-order valence-corrected chi connectivity index (χ3v) is 5.72. The summed E-state index contributed by atoms with van der Waals surface area (Å²) in [5.41, 5.74) is 0.809. The number of likely N-dealkylation sites (tertiary alicyclic amines) is 1. The third-order valence-electron chi connectivity index (χ3n) is 5.39. The molecule has 9 heteroatoms. The molecule has 0 spiro atoms. The van der Waals surface area contributed by atoms with Crippen molar-refractivity contribution in [3.05, 3.63) is 28.8 Å². The number of rotatable bonds is 7. The molecule has 2 N–H and O–H groups in total. The molecule has 1 fully saturated rings. The minimum absolute atomic E-state index is 0.102. The Bertz CT molecular complexity index is 734. The molecule has 29 heavy (non-hydrogen) atoms. The zero-order valence-electron chi connectivity index (χ0n) is 16.4. The zero-order chi connectivity index (χ0) is 21.8. The van der Waals surface area contributed by atoms with Crippen LogP contribution in [0.1, 0.15) is 38.7 Å². The molecule has 1 aromatic rings. The lowest BCUT2D eigenvalue weighted by molar-refractivity contribution is -0.189. The highest BCUT2D eigenvalue weighted by molar-refractivity contribution is 6.33. The fourth-order valence-electron chi connectivity index (χ4n) is 3.48. The largest absolute Gasteiger partial charge is 0.481 e. The number of aryl methyl sites for hydroxylation is 1. The van der Waals surface area contributed by atoms with Crippen molar-refractivity contribution >= 4 is 29.2 Å². The van der Waals surface area contributed by atoms with Crippen LogP contribution in [0.5, 0.6) is 0 Å². The second-order valence-electron chi connectivity index (χ2n) is 7.69. The van der Waals surface area contributed by atoms with Crippen LogP contribution in [0.25, 0.3) is 0 Å². The van der Waals surface area contributed by atoms with Crippen molar-refractivity contribution in [3.8, 4) is 0 Å². The van der Waals surface area contributed by atoms with Gasteiger partial charge in [0, 0.05) is 6.42 Å². The van der Waals surface area contributed by atoms with Gasteiger partial charge in [0.2, 0.25) is 5.91 Å². The number of alkyl halides is 3. The number of aliphatic carboxylic acids is 1. The van der Waals surface area contributed by atoms with Gasteiger partial charge in [0.25, 0.3) is 0 Å². The monoisotopic (exact) mass is 434 g/mol. The molecule has 0 unspecified atom stereocenters. The Kier molecular flexibility index (Phi) is 7.94. The average molecular weight is 435 g/mol. The number of hydrogen-bond acceptors (Lipinski definition) is 3. The number of carboxylic acids is 1. The van der Waals surface area contributed by atoms with E-state index in [9.17, 15) is 22.8 Å². The van der Waals surface area contributed by atoms with Gasteiger partial charge in [-0.2, -0.15) is 13.2 Å². The topological polar surface area (TPSA) is 69.6 Å². The standard InChI is InChI=1S/C20H26ClF3N2O3/c1-12-7-9-26(10-8-12)18(13(2)20(22,23)24)19(29)25-16-11-14(3-5-15(16)21)4-6-17(27)28/h3,5,11-13,18H,4,6-10H2,1-2H3,(H,25,29)(H,27,28)/t13-,18-/m1/s1. The van der Waals surface area contributed by atoms with Gasteiger partial charge >= 0.3 is 12.1 Å². The summed E-state index contributed by atoms with van der Waals surface area (Å²) in [6.07, 6.45) is -2.92. The fraction of sp³-hybridized carbons (Fsp3) is 0.600. The number of benzene rings is 1. The lowest BCUT2D eigenvalue weighted by Crippen LogP contribution is -2.54. The van der Waals surface area contributed by atoms with Crippen LogP contribution in [0.4, 0.5) is 18.9 Å². The summed E-state index contributed by atoms with van der Waals surface area (Å²) in [6.45, 7) is 3.91. The Hall–Kier alpha value is -1.80. The summed E-state index contributed by atoms with van der Waals surface area (Å²) >= 11 is 6.12. The number of halogens is 4. The molecule has 0 radical (unpaired) electrons. The van der Waals surface area contributed by atoms with Gasteiger partial charge in [-0.25, -0.2) is 0 Å². The van der Waals surface area contributed by atoms with Crippen LogP contribution >= 0.6 is 11.6 Å². The summed E-state index contributed by atoms with van der Waals surface area (Å²) in [4.78, 5) is 25.2. The molecule has 0 aliphatic carbocycles. The highest BCUT2D eigenvalue weighted by atomic mass is 35.5. The summed E-state index contributed by atoms with van der Waals surface area (Å²) in [6, 6.07) is 3.28. The van der Waals surface area contributed by atoms with Crippen molar-refractivity contribution in [1.29, 1.82) is 0 Å². The molecule has 2 rings (SSSR count). The Morgan fingerprint density at radius 1 is 1.31 bits per heavy atom. The first kappa shape index (κ1) is 23.5. The molecule has 0 saturated carbocycles. The molecule has 1 saturated heterocycles. The number of piperidine rings is 1. The quantitative estimate of drug-likeness (QED) is 0.658. The number of nitrogens with zero attached hydrogens (tertiary/aromatic N) is 1. The van der Waals surface area contributed by atoms with Crippen molar-refractivity contribution < 1.29 is 27.9 Å². The molecule has 1 aliphatic heterocycles. The van der Waals surface area contributed by atoms with E-state index in [-0.39, 0.29) is 23.6 Å². The number of carbonyl (C=O) groups excluding carboxylic acids is 1. The van der Waals surface area contributed by atoms with Crippen LogP contribution in [0.3, 0.4) is 0 Å². The van der Waals surface area contributed by atoms with Crippen molar-refractivity contribution in [1.82, 2.24) is 4.90 Å². The molecule has 162 valence electrons. The maximum absolute atomic E-state index is 13.5. The van der Waals surface area contributed by atoms with E-state index in [2.05, 4.69) is 5.32 Å². The predicted molar refractivity (Wildman–Crippen MR) is 105 cm³/mol. The van der Waals surface area contributed by atoms with Crippen LogP contribution in [0.15, 0.2) is 18.2 Å². The smallest absolute Gasteiger partial charge is 0.393 e. The molecule has 1 aliphatic rings. The Labute approximate surface area is 173 Å². The van der Waals surface area contributed by atoms with Gasteiger partial charge in [0.15, 0.2) is 0 Å². The first-order valence-corrected chi connectivity index (χ1v) is 9.98. The molecule has 5 nitrogen and oxygen atoms in total. The third kappa shape index (κ3) is 6.60. The zero-order valence-corrected chi connectivity index (χ0v) is 17.2. The van der Waals surface area contributed by atoms with E-state index in [1.54, 1.807) is 11.0 Å². The van der Waals surface area contributed by atoms with Crippen molar-refractivity contribution in [3.63, 3.8) is 0 Å². The molecular formula is C20H26ClF3N2O3. The van der Waals surface area contributed by atoms with E-state index in [1.165, 1.54) is 12.1 Å². The van der Waals surface area contributed by atoms with Gasteiger partial charge in [-0.1, -0.05) is 31.5 Å². The van der Waals surface area contributed by atoms with E-state index in [1.807, 2.05) is 6.92 Å². The van der Waals surface area contributed by atoms with Gasteiger partial charge in [-0.3, -0.25) is 14.5 Å². The SMILES string of the molecule is CC1CCN([C@@H](C(=O)Nc2cc(CCC(=O)O)ccc2Cl)[C@@H](C)C(F)(F)F)CC1. The summed E-state index contributed by atoms with van der Waals surface area (Å²) in [7, 11) is 0. The van der Waals surface area contributed by atoms with Crippen LogP contribution in [0.2, 0.25) is 5.02 Å². The fourth-order valence-corrected chi connectivity index (χ4v) is 3.64. The lowest BCUT2D eigenvalue weighted by atomic mass is 9.92. The predicted octanol–water partition coefficient (Wildman–Crippen LogP) is 4.59. The summed E-state index contributed by atoms with van der Waals surface area (Å²) in [5.74, 6) is -3.16. The maximum atomic E-state index is 13.5. The molecular weight excluding hydrogens is 409 g/mol. The van der Waals surface area contributed by atoms with Crippen molar-refractivity contribution in [2.45, 2.75) is 51.7 Å². The molecule has 2 atom stereocenters. The van der Waals surface area contributed by atoms with E-state index in [0.717, 1.165) is 19.8 Å². The Morgan fingerprint density at radius 2 is 1.93 bits per heavy atom. The first-order chi connectivity index (χ1) is 13.5. The van der Waals surface area contributed by atoms with Gasteiger partial charge < -0.3 is 10.4 Å². The minimum atomic E-state index is -4.52. The number of nitrogens with one attached hydrogen (secondary N) is 1. The Morgan fingerprint density at radius 3 is 2.48 bits per heavy atom. The van der Waals surface area contributed by atoms with E-state index >= 15 is 0 Å². The van der Waals surface area contributed by atoms with Gasteiger partial charge in [-0.15, -0.1) is 0 Å². The highest BCUT2D eigenvalue weighted by Crippen LogP contribution is 2.34. The second-order valence-corrected chi connectivity index (χ2v) is 8.10. The number of amides is 1. The van der Waals surface area contributed by atoms with Crippen molar-refractivity contribution in [2.75, 3.05) is 18.4 Å². The van der Waals surface area contributed by atoms with Gasteiger partial charge in [-0.05, 0) is 56.0 Å². The molecule has 1 amide bonds. The van der Waals surface area contributed by atoms with E-state index < -0.39 is 30.0 Å². The number of hydrogen-bond donors (Lipinski definition) is 2. The molecule has 1 heterocycles. The lowest BCUT2D eigenvalue weighted by Gasteiger charge is -2.39. The highest BCUT2D eigenvalue weighted by Gasteiger charge is 2.47. The van der Waals surface area contributed by atoms with Crippen LogP contribution in [0, 0.1) is 11.8 Å². The summed E-state index contributed by atoms with van der Waals surface area (Å²) in [5, 5.41) is 11.5. The average Bonchev–Trinajstić information content (AvgIpc) is 2.63. The molecule has 0 bridgehead atoms. The van der Waals surface area contributed by atoms with E-state index in [4.69, 9.17) is 16.7 Å². The van der Waals surface area contributed by atoms with Gasteiger partial charge in [0.1, 0.15) is 6.04 Å². The minimum Gasteiger partial charge on any atom is -0.481 e. The van der Waals surface area contributed by atoms with Crippen LogP contribution < -0.4 is 5.32 Å². The molecule has 1 aromatic carbocycles.